The van der Waals surface area contributed by atoms with Gasteiger partial charge in [-0.15, -0.1) is 11.3 Å². The SMILES string of the molecule is Cc1ccc([C@H](C(=O)NC2CCCCC2)N(C(=O)C(F)(F)F)C2CCCC2)s1. The third-order valence-corrected chi connectivity index (χ3v) is 6.76. The number of alkyl halides is 3. The topological polar surface area (TPSA) is 49.4 Å². The second-order valence-electron chi connectivity index (χ2n) is 7.84. The molecule has 1 atom stereocenters. The first kappa shape index (κ1) is 21.1. The van der Waals surface area contributed by atoms with Crippen LogP contribution >= 0.6 is 11.3 Å². The van der Waals surface area contributed by atoms with Gasteiger partial charge in [0.25, 0.3) is 0 Å². The largest absolute Gasteiger partial charge is 0.471 e. The third kappa shape index (κ3) is 4.88. The van der Waals surface area contributed by atoms with Gasteiger partial charge in [-0.05, 0) is 44.7 Å². The molecule has 1 aromatic heterocycles. The molecule has 1 heterocycles. The fourth-order valence-corrected chi connectivity index (χ4v) is 5.32. The zero-order chi connectivity index (χ0) is 20.3. The van der Waals surface area contributed by atoms with E-state index < -0.39 is 30.1 Å². The molecule has 2 fully saturated rings. The number of carbonyl (C=O) groups is 2. The van der Waals surface area contributed by atoms with Gasteiger partial charge in [0.15, 0.2) is 0 Å². The summed E-state index contributed by atoms with van der Waals surface area (Å²) in [6.45, 7) is 1.84. The van der Waals surface area contributed by atoms with E-state index in [2.05, 4.69) is 5.32 Å². The summed E-state index contributed by atoms with van der Waals surface area (Å²) in [6, 6.07) is 1.65. The van der Waals surface area contributed by atoms with Crippen molar-refractivity contribution in [1.29, 1.82) is 0 Å². The molecule has 4 nitrogen and oxygen atoms in total. The number of carbonyl (C=O) groups excluding carboxylic acids is 2. The van der Waals surface area contributed by atoms with Crippen LogP contribution in [0.25, 0.3) is 0 Å². The maximum absolute atomic E-state index is 13.4. The molecule has 1 N–H and O–H groups in total. The molecule has 2 amide bonds. The average molecular weight is 417 g/mol. The molecule has 0 saturated heterocycles. The number of halogens is 3. The summed E-state index contributed by atoms with van der Waals surface area (Å²) < 4.78 is 40.3. The van der Waals surface area contributed by atoms with E-state index in [1.165, 1.54) is 11.3 Å². The van der Waals surface area contributed by atoms with Crippen molar-refractivity contribution in [2.24, 2.45) is 0 Å². The number of nitrogens with zero attached hydrogens (tertiary/aromatic N) is 1. The van der Waals surface area contributed by atoms with Gasteiger partial charge in [-0.3, -0.25) is 9.59 Å². The van der Waals surface area contributed by atoms with E-state index in [1.807, 2.05) is 6.92 Å². The van der Waals surface area contributed by atoms with E-state index in [9.17, 15) is 22.8 Å². The Balaban J connectivity index is 1.94. The summed E-state index contributed by atoms with van der Waals surface area (Å²) in [4.78, 5) is 27.8. The summed E-state index contributed by atoms with van der Waals surface area (Å²) in [6.07, 6.45) is 2.32. The Hall–Kier alpha value is -1.57. The van der Waals surface area contributed by atoms with E-state index in [0.29, 0.717) is 17.7 Å². The summed E-state index contributed by atoms with van der Waals surface area (Å²) in [7, 11) is 0. The fourth-order valence-electron chi connectivity index (χ4n) is 4.34. The van der Waals surface area contributed by atoms with Crippen LogP contribution in [0.4, 0.5) is 13.2 Å². The third-order valence-electron chi connectivity index (χ3n) is 5.70. The normalized spacial score (nSPS) is 20.1. The predicted octanol–water partition coefficient (Wildman–Crippen LogP) is 4.88. The molecule has 2 saturated carbocycles. The Kier molecular flexibility index (Phi) is 6.68. The monoisotopic (exact) mass is 416 g/mol. The Morgan fingerprint density at radius 1 is 1.07 bits per heavy atom. The maximum atomic E-state index is 13.4. The predicted molar refractivity (Wildman–Crippen MR) is 102 cm³/mol. The van der Waals surface area contributed by atoms with Crippen molar-refractivity contribution in [2.45, 2.75) is 89.0 Å². The Labute approximate surface area is 167 Å². The van der Waals surface area contributed by atoms with Crippen LogP contribution in [0.15, 0.2) is 12.1 Å². The van der Waals surface area contributed by atoms with Gasteiger partial charge in [0.2, 0.25) is 5.91 Å². The van der Waals surface area contributed by atoms with Gasteiger partial charge in [0, 0.05) is 21.8 Å². The standard InChI is InChI=1S/C20H27F3N2O2S/c1-13-11-12-16(28-13)17(18(26)24-14-7-3-2-4-8-14)25(15-9-5-6-10-15)19(27)20(21,22)23/h11-12,14-15,17H,2-10H2,1H3,(H,24,26)/t17-/m1/s1. The zero-order valence-electron chi connectivity index (χ0n) is 16.1. The molecule has 1 aromatic rings. The van der Waals surface area contributed by atoms with Gasteiger partial charge < -0.3 is 10.2 Å². The molecule has 2 aliphatic carbocycles. The molecule has 28 heavy (non-hydrogen) atoms. The summed E-state index contributed by atoms with van der Waals surface area (Å²) in [5.74, 6) is -2.40. The van der Waals surface area contributed by atoms with Crippen molar-refractivity contribution in [1.82, 2.24) is 10.2 Å². The van der Waals surface area contributed by atoms with E-state index in [0.717, 1.165) is 54.7 Å². The van der Waals surface area contributed by atoms with Crippen LogP contribution in [-0.2, 0) is 9.59 Å². The lowest BCUT2D eigenvalue weighted by molar-refractivity contribution is -0.191. The average Bonchev–Trinajstić information content (AvgIpc) is 3.30. The summed E-state index contributed by atoms with van der Waals surface area (Å²) >= 11 is 1.28. The van der Waals surface area contributed by atoms with Crippen LogP contribution in [0.2, 0.25) is 0 Å². The molecular formula is C20H27F3N2O2S. The highest BCUT2D eigenvalue weighted by Gasteiger charge is 2.49. The lowest BCUT2D eigenvalue weighted by atomic mass is 9.95. The highest BCUT2D eigenvalue weighted by Crippen LogP contribution is 2.37. The van der Waals surface area contributed by atoms with Crippen LogP contribution < -0.4 is 5.32 Å². The number of nitrogens with one attached hydrogen (secondary N) is 1. The van der Waals surface area contributed by atoms with E-state index in [4.69, 9.17) is 0 Å². The van der Waals surface area contributed by atoms with Crippen LogP contribution in [-0.4, -0.2) is 35.0 Å². The van der Waals surface area contributed by atoms with Crippen molar-refractivity contribution in [2.75, 3.05) is 0 Å². The number of amides is 2. The molecular weight excluding hydrogens is 389 g/mol. The second-order valence-corrected chi connectivity index (χ2v) is 9.16. The summed E-state index contributed by atoms with van der Waals surface area (Å²) in [5, 5.41) is 2.94. The van der Waals surface area contributed by atoms with Gasteiger partial charge in [0.05, 0.1) is 0 Å². The number of thiophene rings is 1. The first-order chi connectivity index (χ1) is 13.3. The first-order valence-corrected chi connectivity index (χ1v) is 10.8. The lowest BCUT2D eigenvalue weighted by Gasteiger charge is -2.36. The van der Waals surface area contributed by atoms with E-state index in [1.54, 1.807) is 12.1 Å². The molecule has 3 rings (SSSR count). The molecule has 0 radical (unpaired) electrons. The smallest absolute Gasteiger partial charge is 0.351 e. The fraction of sp³-hybridized carbons (Fsp3) is 0.700. The molecule has 0 aliphatic heterocycles. The quantitative estimate of drug-likeness (QED) is 0.744. The number of rotatable bonds is 5. The van der Waals surface area contributed by atoms with Gasteiger partial charge >= 0.3 is 12.1 Å². The Morgan fingerprint density at radius 3 is 2.21 bits per heavy atom. The molecule has 0 bridgehead atoms. The van der Waals surface area contributed by atoms with Crippen LogP contribution in [0.1, 0.15) is 73.6 Å². The highest BCUT2D eigenvalue weighted by molar-refractivity contribution is 7.12. The molecule has 0 unspecified atom stereocenters. The van der Waals surface area contributed by atoms with Crippen LogP contribution in [0, 0.1) is 6.92 Å². The molecule has 156 valence electrons. The van der Waals surface area contributed by atoms with E-state index in [-0.39, 0.29) is 6.04 Å². The minimum atomic E-state index is -5.00. The number of aryl methyl sites for hydroxylation is 1. The van der Waals surface area contributed by atoms with Gasteiger partial charge in [-0.2, -0.15) is 13.2 Å². The highest BCUT2D eigenvalue weighted by atomic mass is 32.1. The first-order valence-electron chi connectivity index (χ1n) is 10.0. The Bertz CT molecular complexity index is 692. The minimum Gasteiger partial charge on any atom is -0.351 e. The van der Waals surface area contributed by atoms with Crippen molar-refractivity contribution < 1.29 is 22.8 Å². The van der Waals surface area contributed by atoms with Gasteiger partial charge in [-0.25, -0.2) is 0 Å². The second kappa shape index (κ2) is 8.84. The molecule has 2 aliphatic rings. The van der Waals surface area contributed by atoms with Crippen molar-refractivity contribution in [3.63, 3.8) is 0 Å². The van der Waals surface area contributed by atoms with Crippen molar-refractivity contribution >= 4 is 23.2 Å². The van der Waals surface area contributed by atoms with Crippen LogP contribution in [0.3, 0.4) is 0 Å². The van der Waals surface area contributed by atoms with Gasteiger partial charge in [0.1, 0.15) is 6.04 Å². The minimum absolute atomic E-state index is 0.0313. The van der Waals surface area contributed by atoms with Crippen LogP contribution in [0.5, 0.6) is 0 Å². The molecule has 0 spiro atoms. The molecule has 0 aromatic carbocycles. The summed E-state index contributed by atoms with van der Waals surface area (Å²) in [5.41, 5.74) is 0. The number of hydrogen-bond donors (Lipinski definition) is 1. The number of hydrogen-bond acceptors (Lipinski definition) is 3. The molecule has 8 heteroatoms. The van der Waals surface area contributed by atoms with Gasteiger partial charge in [-0.1, -0.05) is 32.1 Å². The zero-order valence-corrected chi connectivity index (χ0v) is 16.9. The maximum Gasteiger partial charge on any atom is 0.471 e. The van der Waals surface area contributed by atoms with E-state index >= 15 is 0 Å². The van der Waals surface area contributed by atoms with Crippen molar-refractivity contribution in [3.05, 3.63) is 21.9 Å². The Morgan fingerprint density at radius 2 is 1.68 bits per heavy atom. The van der Waals surface area contributed by atoms with Crippen molar-refractivity contribution in [3.8, 4) is 0 Å². The lowest BCUT2D eigenvalue weighted by Crippen LogP contribution is -2.53.